The number of fused-ring (bicyclic) bond motifs is 16. The monoisotopic (exact) mass is 1580 g/mol. The Bertz CT molecular complexity index is 8080. The minimum absolute atomic E-state index is 0.622. The third-order valence-corrected chi connectivity index (χ3v) is 26.4. The van der Waals surface area contributed by atoms with Crippen LogP contribution in [0.15, 0.2) is 394 Å². The molecule has 0 aliphatic carbocycles. The van der Waals surface area contributed by atoms with Crippen molar-refractivity contribution in [3.05, 3.63) is 394 Å². The van der Waals surface area contributed by atoms with Crippen molar-refractivity contribution in [2.24, 2.45) is 0 Å². The lowest BCUT2D eigenvalue weighted by atomic mass is 9.99. The molecule has 16 aromatic carbocycles. The zero-order chi connectivity index (χ0) is 79.1. The van der Waals surface area contributed by atoms with Gasteiger partial charge in [0.2, 0.25) is 0 Å². The summed E-state index contributed by atoms with van der Waals surface area (Å²) in [4.78, 5) is 41.0. The van der Waals surface area contributed by atoms with E-state index in [1.807, 2.05) is 94.7 Å². The molecule has 9 nitrogen and oxygen atoms in total. The molecule has 0 amide bonds. The predicted molar refractivity (Wildman–Crippen MR) is 503 cm³/mol. The van der Waals surface area contributed by atoms with E-state index in [9.17, 15) is 0 Å². The molecule has 0 fully saturated rings. The molecular weight excluding hydrogens is 1520 g/mol. The second kappa shape index (κ2) is 29.5. The van der Waals surface area contributed by atoms with Gasteiger partial charge in [0.25, 0.3) is 0 Å². The maximum Gasteiger partial charge on any atom is 0.164 e. The Kier molecular flexibility index (Phi) is 17.3. The first kappa shape index (κ1) is 70.2. The first-order valence-electron chi connectivity index (χ1n) is 40.0. The zero-order valence-corrected chi connectivity index (χ0v) is 66.7. The molecule has 0 unspecified atom stereocenters. The number of hydrogen-bond acceptors (Lipinski definition) is 11. The van der Waals surface area contributed by atoms with Crippen molar-refractivity contribution < 1.29 is 0 Å². The summed E-state index contributed by atoms with van der Waals surface area (Å²) < 4.78 is 9.88. The summed E-state index contributed by atoms with van der Waals surface area (Å²) in [5.74, 6) is 3.78. The van der Waals surface area contributed by atoms with E-state index in [2.05, 4.69) is 338 Å². The highest BCUT2D eigenvalue weighted by Gasteiger charge is 2.23. The highest BCUT2D eigenvalue weighted by Crippen LogP contribution is 2.47. The van der Waals surface area contributed by atoms with Crippen LogP contribution in [0.3, 0.4) is 0 Å². The fourth-order valence-electron chi connectivity index (χ4n) is 17.0. The van der Waals surface area contributed by atoms with Gasteiger partial charge in [0.15, 0.2) is 34.9 Å². The molecule has 0 bridgehead atoms. The number of thiophene rings is 3. The largest absolute Gasteiger partial charge is 0.309 e. The summed E-state index contributed by atoms with van der Waals surface area (Å²) in [5.41, 5.74) is 22.0. The number of aromatic nitrogens is 9. The molecule has 0 aliphatic rings. The first-order valence-corrected chi connectivity index (χ1v) is 42.5. The van der Waals surface area contributed by atoms with Gasteiger partial charge >= 0.3 is 0 Å². The maximum atomic E-state index is 5.33. The van der Waals surface area contributed by atoms with E-state index in [1.165, 1.54) is 93.3 Å². The Morgan fingerprint density at radius 3 is 0.958 bits per heavy atom. The Balaban J connectivity index is 0.000000140. The average molecular weight is 1580 g/mol. The molecule has 0 radical (unpaired) electrons. The van der Waals surface area contributed by atoms with Crippen LogP contribution in [-0.4, -0.2) is 44.4 Å². The van der Waals surface area contributed by atoms with Crippen LogP contribution < -0.4 is 0 Å². The fourth-order valence-corrected chi connectivity index (χ4v) is 20.7. The lowest BCUT2D eigenvalue weighted by Crippen LogP contribution is -2.00. The van der Waals surface area contributed by atoms with Gasteiger partial charge < -0.3 is 4.57 Å². The molecule has 0 saturated carbocycles. The Labute approximate surface area is 701 Å². The van der Waals surface area contributed by atoms with Crippen LogP contribution in [0.5, 0.6) is 0 Å². The number of rotatable bonds is 12. The number of benzene rings is 16. The standard InChI is InChI=1S/C54H33N5S.C54H32N4S2/c1-3-13-35(14-4-1)50-51-49(44-19-9-12-22-48(44)60-51)43-32-29-39(33-45(43)55-50)34-23-25-37(26-24-34)53-56-52(36-15-5-2-6-16-36)57-54(58-53)38-27-30-40(31-28-38)59-46-20-10-7-17-41(46)42-18-8-11-21-47(42)59;1-3-13-34(14-4-1)49-51-48(44-20-8-10-24-47(44)60-51)43-30-29-37(32-45(43)55-49)33-25-27-36(28-26-33)53-56-52(35-15-5-2-6-16-35)57-54(58-53)39-18-11-17-38(31-39)40-21-12-22-42-41-19-7-9-23-46(41)59-50(40)42/h1-33H;1-32H. The third-order valence-electron chi connectivity index (χ3n) is 22.8. The van der Waals surface area contributed by atoms with E-state index in [1.54, 1.807) is 0 Å². The summed E-state index contributed by atoms with van der Waals surface area (Å²) in [6.45, 7) is 0. The molecule has 0 aliphatic heterocycles. The van der Waals surface area contributed by atoms with Gasteiger partial charge in [-0.25, -0.2) is 39.9 Å². The van der Waals surface area contributed by atoms with Gasteiger partial charge in [0.05, 0.1) is 42.9 Å². The third kappa shape index (κ3) is 12.5. The van der Waals surface area contributed by atoms with Gasteiger partial charge in [-0.15, -0.1) is 34.0 Å². The Morgan fingerprint density at radius 2 is 0.500 bits per heavy atom. The molecule has 12 heteroatoms. The number of hydrogen-bond donors (Lipinski definition) is 0. The van der Waals surface area contributed by atoms with Crippen molar-refractivity contribution in [3.63, 3.8) is 0 Å². The van der Waals surface area contributed by atoms with Crippen LogP contribution in [0.2, 0.25) is 0 Å². The lowest BCUT2D eigenvalue weighted by molar-refractivity contribution is 1.07. The lowest BCUT2D eigenvalue weighted by Gasteiger charge is -2.11. The van der Waals surface area contributed by atoms with Crippen molar-refractivity contribution in [1.29, 1.82) is 0 Å². The smallest absolute Gasteiger partial charge is 0.164 e. The zero-order valence-electron chi connectivity index (χ0n) is 64.3. The highest BCUT2D eigenvalue weighted by molar-refractivity contribution is 7.27. The molecule has 0 saturated heterocycles. The van der Waals surface area contributed by atoms with Gasteiger partial charge in [-0.05, 0) is 106 Å². The van der Waals surface area contributed by atoms with Gasteiger partial charge in [-0.1, -0.05) is 322 Å². The minimum Gasteiger partial charge on any atom is -0.309 e. The molecule has 24 rings (SSSR count). The normalized spacial score (nSPS) is 11.7. The molecule has 8 heterocycles. The molecule has 24 aromatic rings. The molecule has 560 valence electrons. The quantitative estimate of drug-likeness (QED) is 0.119. The molecule has 120 heavy (non-hydrogen) atoms. The fraction of sp³-hybridized carbons (Fsp3) is 0. The second-order valence-electron chi connectivity index (χ2n) is 30.0. The van der Waals surface area contributed by atoms with Gasteiger partial charge in [-0.3, -0.25) is 0 Å². The predicted octanol–water partition coefficient (Wildman–Crippen LogP) is 29.4. The van der Waals surface area contributed by atoms with Crippen LogP contribution in [0.1, 0.15) is 0 Å². The Morgan fingerprint density at radius 1 is 0.183 bits per heavy atom. The summed E-state index contributed by atoms with van der Waals surface area (Å²) in [5, 5.41) is 12.4. The Hall–Kier alpha value is -15.2. The molecule has 0 atom stereocenters. The van der Waals surface area contributed by atoms with E-state index < -0.39 is 0 Å². The average Bonchev–Trinajstić information content (AvgIpc) is 1.54. The second-order valence-corrected chi connectivity index (χ2v) is 33.2. The molecule has 8 aromatic heterocycles. The summed E-state index contributed by atoms with van der Waals surface area (Å²) >= 11 is 5.48. The highest BCUT2D eigenvalue weighted by atomic mass is 32.1. The number of para-hydroxylation sites is 2. The summed E-state index contributed by atoms with van der Waals surface area (Å²) in [7, 11) is 0. The van der Waals surface area contributed by atoms with Crippen molar-refractivity contribution in [2.75, 3.05) is 0 Å². The van der Waals surface area contributed by atoms with Crippen LogP contribution in [-0.2, 0) is 0 Å². The van der Waals surface area contributed by atoms with Crippen molar-refractivity contribution in [3.8, 4) is 130 Å². The van der Waals surface area contributed by atoms with E-state index in [4.69, 9.17) is 39.9 Å². The van der Waals surface area contributed by atoms with E-state index >= 15 is 0 Å². The maximum absolute atomic E-state index is 5.33. The minimum atomic E-state index is 0.622. The van der Waals surface area contributed by atoms with E-state index in [0.717, 1.165) is 106 Å². The van der Waals surface area contributed by atoms with Gasteiger partial charge in [0, 0.05) is 123 Å². The first-order chi connectivity index (χ1) is 59.4. The molecule has 0 N–H and O–H groups in total. The van der Waals surface area contributed by atoms with E-state index in [-0.39, 0.29) is 0 Å². The van der Waals surface area contributed by atoms with Crippen LogP contribution in [0, 0.1) is 0 Å². The van der Waals surface area contributed by atoms with Crippen molar-refractivity contribution >= 4 is 138 Å². The van der Waals surface area contributed by atoms with Gasteiger partial charge in [0.1, 0.15) is 0 Å². The van der Waals surface area contributed by atoms with Crippen molar-refractivity contribution in [2.45, 2.75) is 0 Å². The van der Waals surface area contributed by atoms with Crippen molar-refractivity contribution in [1.82, 2.24) is 44.4 Å². The van der Waals surface area contributed by atoms with Gasteiger partial charge in [-0.2, -0.15) is 0 Å². The SMILES string of the molecule is c1ccc(-c2nc(-c3ccc(-c4ccc5c(c4)nc(-c4ccccc4)c4sc6ccccc6c45)cc3)nc(-c3ccc(-n4c5ccccc5c5ccccc54)cc3)n2)cc1.c1ccc(-c2nc(-c3ccc(-c4ccc5c(c4)nc(-c4ccccc4)c4sc6ccccc6c45)cc3)nc(-c3cccc(-c4cccc5c4sc4ccccc45)c3)n2)cc1. The number of nitrogens with zero attached hydrogens (tertiary/aromatic N) is 9. The van der Waals surface area contributed by atoms with Crippen LogP contribution in [0.4, 0.5) is 0 Å². The molecule has 0 spiro atoms. The summed E-state index contributed by atoms with van der Waals surface area (Å²) in [6.07, 6.45) is 0. The van der Waals surface area contributed by atoms with Crippen LogP contribution in [0.25, 0.3) is 234 Å². The van der Waals surface area contributed by atoms with Crippen LogP contribution >= 0.6 is 34.0 Å². The van der Waals surface area contributed by atoms with E-state index in [0.29, 0.717) is 34.9 Å². The number of pyridine rings is 2. The summed E-state index contributed by atoms with van der Waals surface area (Å²) in [6, 6.07) is 139. The molecular formula is C108H65N9S3. The topological polar surface area (TPSA) is 108 Å².